The zero-order valence-corrected chi connectivity index (χ0v) is 11.9. The molecule has 1 aliphatic rings. The van der Waals surface area contributed by atoms with Gasteiger partial charge in [-0.3, -0.25) is 4.98 Å². The highest BCUT2D eigenvalue weighted by Crippen LogP contribution is 2.35. The number of aliphatic hydroxyl groups excluding tert-OH is 1. The van der Waals surface area contributed by atoms with E-state index in [2.05, 4.69) is 4.99 Å². The zero-order chi connectivity index (χ0) is 14.1. The van der Waals surface area contributed by atoms with Crippen molar-refractivity contribution in [3.05, 3.63) is 35.5 Å². The molecule has 1 atom stereocenters. The van der Waals surface area contributed by atoms with Crippen LogP contribution in [0.2, 0.25) is 0 Å². The largest absolute Gasteiger partial charge is 0.393 e. The Balaban J connectivity index is 2.23. The normalized spacial score (nSPS) is 18.4. The van der Waals surface area contributed by atoms with Crippen molar-refractivity contribution < 1.29 is 5.11 Å². The smallest absolute Gasteiger partial charge is 0.0907 e. The molecule has 20 heavy (non-hydrogen) atoms. The highest BCUT2D eigenvalue weighted by Gasteiger charge is 2.22. The first-order chi connectivity index (χ1) is 9.65. The van der Waals surface area contributed by atoms with Gasteiger partial charge >= 0.3 is 0 Å². The molecule has 0 radical (unpaired) electrons. The van der Waals surface area contributed by atoms with Crippen LogP contribution in [-0.4, -0.2) is 41.5 Å². The maximum Gasteiger partial charge on any atom is 0.0907 e. The lowest BCUT2D eigenvalue weighted by molar-refractivity contribution is 0.158. The van der Waals surface area contributed by atoms with Crippen LogP contribution in [0.3, 0.4) is 0 Å². The lowest BCUT2D eigenvalue weighted by Gasteiger charge is -2.22. The average Bonchev–Trinajstić information content (AvgIpc) is 2.43. The second-order valence-corrected chi connectivity index (χ2v) is 5.51. The SMILES string of the molecule is CN(C)C=Nc1c2c(nc3ccccc13)CCC(O)C2. The summed E-state index contributed by atoms with van der Waals surface area (Å²) in [5.41, 5.74) is 4.12. The highest BCUT2D eigenvalue weighted by atomic mass is 16.3. The molecule has 1 aliphatic carbocycles. The molecule has 0 spiro atoms. The summed E-state index contributed by atoms with van der Waals surface area (Å²) in [7, 11) is 3.91. The first-order valence-corrected chi connectivity index (χ1v) is 6.94. The van der Waals surface area contributed by atoms with E-state index in [1.54, 1.807) is 0 Å². The first kappa shape index (κ1) is 13.1. The lowest BCUT2D eigenvalue weighted by atomic mass is 9.91. The van der Waals surface area contributed by atoms with E-state index >= 15 is 0 Å². The Bertz CT molecular complexity index is 664. The number of fused-ring (bicyclic) bond motifs is 2. The molecule has 3 rings (SSSR count). The number of hydrogen-bond acceptors (Lipinski definition) is 3. The van der Waals surface area contributed by atoms with Crippen molar-refractivity contribution in [2.45, 2.75) is 25.4 Å². The molecule has 1 N–H and O–H groups in total. The minimum Gasteiger partial charge on any atom is -0.393 e. The number of aliphatic imine (C=N–C) groups is 1. The van der Waals surface area contributed by atoms with E-state index in [0.29, 0.717) is 6.42 Å². The third kappa shape index (κ3) is 2.39. The molecular weight excluding hydrogens is 250 g/mol. The number of nitrogens with zero attached hydrogens (tertiary/aromatic N) is 3. The van der Waals surface area contributed by atoms with Gasteiger partial charge in [0, 0.05) is 37.2 Å². The van der Waals surface area contributed by atoms with E-state index in [4.69, 9.17) is 4.98 Å². The van der Waals surface area contributed by atoms with Gasteiger partial charge in [0.1, 0.15) is 0 Å². The van der Waals surface area contributed by atoms with Crippen molar-refractivity contribution in [2.24, 2.45) is 4.99 Å². The van der Waals surface area contributed by atoms with Gasteiger partial charge in [-0.15, -0.1) is 0 Å². The quantitative estimate of drug-likeness (QED) is 0.672. The van der Waals surface area contributed by atoms with Gasteiger partial charge in [0.05, 0.1) is 23.6 Å². The molecule has 0 saturated carbocycles. The van der Waals surface area contributed by atoms with Crippen LogP contribution in [0.4, 0.5) is 5.69 Å². The van der Waals surface area contributed by atoms with Crippen LogP contribution in [-0.2, 0) is 12.8 Å². The monoisotopic (exact) mass is 269 g/mol. The summed E-state index contributed by atoms with van der Waals surface area (Å²) >= 11 is 0. The summed E-state index contributed by atoms with van der Waals surface area (Å²) in [5.74, 6) is 0. The molecular formula is C16H19N3O. The van der Waals surface area contributed by atoms with Crippen LogP contribution < -0.4 is 0 Å². The zero-order valence-electron chi connectivity index (χ0n) is 11.9. The molecule has 1 unspecified atom stereocenters. The molecule has 1 aromatic carbocycles. The predicted molar refractivity (Wildman–Crippen MR) is 81.6 cm³/mol. The number of pyridine rings is 1. The number of rotatable bonds is 2. The Morgan fingerprint density at radius 1 is 1.35 bits per heavy atom. The standard InChI is InChI=1S/C16H19N3O/c1-19(2)10-17-16-12-5-3-4-6-14(12)18-15-8-7-11(20)9-13(15)16/h3-6,10-11,20H,7-9H2,1-2H3. The topological polar surface area (TPSA) is 48.7 Å². The summed E-state index contributed by atoms with van der Waals surface area (Å²) in [6, 6.07) is 8.07. The van der Waals surface area contributed by atoms with Crippen molar-refractivity contribution in [3.8, 4) is 0 Å². The number of aryl methyl sites for hydroxylation is 1. The molecule has 4 nitrogen and oxygen atoms in total. The molecule has 0 saturated heterocycles. The second kappa shape index (κ2) is 5.21. The van der Waals surface area contributed by atoms with Crippen molar-refractivity contribution in [1.29, 1.82) is 0 Å². The van der Waals surface area contributed by atoms with E-state index in [0.717, 1.165) is 40.7 Å². The van der Waals surface area contributed by atoms with Crippen molar-refractivity contribution in [3.63, 3.8) is 0 Å². The Labute approximate surface area is 118 Å². The Morgan fingerprint density at radius 2 is 2.15 bits per heavy atom. The predicted octanol–water partition coefficient (Wildman–Crippen LogP) is 2.31. The van der Waals surface area contributed by atoms with Gasteiger partial charge in [-0.1, -0.05) is 18.2 Å². The molecule has 104 valence electrons. The highest BCUT2D eigenvalue weighted by molar-refractivity contribution is 5.93. The van der Waals surface area contributed by atoms with Crippen molar-refractivity contribution >= 4 is 22.9 Å². The number of aromatic nitrogens is 1. The number of hydrogen-bond donors (Lipinski definition) is 1. The van der Waals surface area contributed by atoms with E-state index in [-0.39, 0.29) is 6.10 Å². The van der Waals surface area contributed by atoms with Gasteiger partial charge in [-0.25, -0.2) is 4.99 Å². The van der Waals surface area contributed by atoms with Crippen LogP contribution in [0, 0.1) is 0 Å². The van der Waals surface area contributed by atoms with Gasteiger partial charge < -0.3 is 10.0 Å². The second-order valence-electron chi connectivity index (χ2n) is 5.51. The van der Waals surface area contributed by atoms with E-state index < -0.39 is 0 Å². The number of para-hydroxylation sites is 1. The van der Waals surface area contributed by atoms with Crippen molar-refractivity contribution in [1.82, 2.24) is 9.88 Å². The molecule has 1 aromatic heterocycles. The van der Waals surface area contributed by atoms with Crippen LogP contribution >= 0.6 is 0 Å². The molecule has 0 aliphatic heterocycles. The molecule has 4 heteroatoms. The third-order valence-electron chi connectivity index (χ3n) is 3.62. The molecule has 2 aromatic rings. The average molecular weight is 269 g/mol. The summed E-state index contributed by atoms with van der Waals surface area (Å²) < 4.78 is 0. The lowest BCUT2D eigenvalue weighted by Crippen LogP contribution is -2.20. The van der Waals surface area contributed by atoms with Gasteiger partial charge in [0.2, 0.25) is 0 Å². The summed E-state index contributed by atoms with van der Waals surface area (Å²) in [6.07, 6.45) is 3.79. The summed E-state index contributed by atoms with van der Waals surface area (Å²) in [6.45, 7) is 0. The molecule has 1 heterocycles. The van der Waals surface area contributed by atoms with Crippen LogP contribution in [0.5, 0.6) is 0 Å². The van der Waals surface area contributed by atoms with Gasteiger partial charge in [-0.2, -0.15) is 0 Å². The van der Waals surface area contributed by atoms with E-state index in [9.17, 15) is 5.11 Å². The third-order valence-corrected chi connectivity index (χ3v) is 3.62. The fraction of sp³-hybridized carbons (Fsp3) is 0.375. The van der Waals surface area contributed by atoms with Gasteiger partial charge in [0.15, 0.2) is 0 Å². The fourth-order valence-corrected chi connectivity index (χ4v) is 2.67. The first-order valence-electron chi connectivity index (χ1n) is 6.94. The van der Waals surface area contributed by atoms with Gasteiger partial charge in [-0.05, 0) is 18.9 Å². The Morgan fingerprint density at radius 3 is 2.95 bits per heavy atom. The van der Waals surface area contributed by atoms with Crippen LogP contribution in [0.1, 0.15) is 17.7 Å². The molecule has 0 fully saturated rings. The fourth-order valence-electron chi connectivity index (χ4n) is 2.67. The molecule has 0 amide bonds. The van der Waals surface area contributed by atoms with E-state index in [1.807, 2.05) is 49.6 Å². The number of aliphatic hydroxyl groups is 1. The Hall–Kier alpha value is -1.94. The Kier molecular flexibility index (Phi) is 3.40. The molecule has 0 bridgehead atoms. The van der Waals surface area contributed by atoms with Crippen LogP contribution in [0.25, 0.3) is 10.9 Å². The minimum atomic E-state index is -0.279. The summed E-state index contributed by atoms with van der Waals surface area (Å²) in [5, 5.41) is 11.0. The summed E-state index contributed by atoms with van der Waals surface area (Å²) in [4.78, 5) is 11.3. The van der Waals surface area contributed by atoms with Gasteiger partial charge in [0.25, 0.3) is 0 Å². The minimum absolute atomic E-state index is 0.279. The van der Waals surface area contributed by atoms with Crippen LogP contribution in [0.15, 0.2) is 29.3 Å². The van der Waals surface area contributed by atoms with Crippen molar-refractivity contribution in [2.75, 3.05) is 14.1 Å². The number of benzene rings is 1. The maximum atomic E-state index is 9.94. The maximum absolute atomic E-state index is 9.94. The van der Waals surface area contributed by atoms with E-state index in [1.165, 1.54) is 0 Å².